The quantitative estimate of drug-likeness (QED) is 0.559. The number of anilines is 2. The van der Waals surface area contributed by atoms with Gasteiger partial charge in [-0.05, 0) is 36.4 Å². The molecule has 4 N–H and O–H groups in total. The van der Waals surface area contributed by atoms with E-state index in [-0.39, 0.29) is 17.9 Å². The summed E-state index contributed by atoms with van der Waals surface area (Å²) in [5.41, 5.74) is 5.95. The minimum atomic E-state index is -2.92. The lowest BCUT2D eigenvalue weighted by Gasteiger charge is -2.12. The van der Waals surface area contributed by atoms with Crippen molar-refractivity contribution in [2.75, 3.05) is 18.5 Å². The Balaban J connectivity index is 2.00. The molecule has 2 aromatic rings. The Kier molecular flexibility index (Phi) is 7.26. The first kappa shape index (κ1) is 20.6. The van der Waals surface area contributed by atoms with Crippen molar-refractivity contribution in [3.05, 3.63) is 54.1 Å². The maximum atomic E-state index is 12.2. The van der Waals surface area contributed by atoms with Crippen LogP contribution in [0.25, 0.3) is 0 Å². The second-order valence-corrected chi connectivity index (χ2v) is 5.39. The van der Waals surface area contributed by atoms with Gasteiger partial charge in [0.15, 0.2) is 6.61 Å². The number of carbonyl (C=O) groups is 3. The van der Waals surface area contributed by atoms with Gasteiger partial charge in [0.2, 0.25) is 5.91 Å². The lowest BCUT2D eigenvalue weighted by atomic mass is 10.1. The summed E-state index contributed by atoms with van der Waals surface area (Å²) in [6.07, 6.45) is 0. The molecular formula is C18H17F2N3O5. The van der Waals surface area contributed by atoms with Crippen LogP contribution in [0, 0.1) is 0 Å². The molecule has 10 heteroatoms. The van der Waals surface area contributed by atoms with Crippen LogP contribution in [0.4, 0.5) is 20.2 Å². The van der Waals surface area contributed by atoms with E-state index in [0.29, 0.717) is 11.4 Å². The maximum absolute atomic E-state index is 12.2. The summed E-state index contributed by atoms with van der Waals surface area (Å²) < 4.78 is 33.6. The molecule has 0 atom stereocenters. The number of para-hydroxylation sites is 1. The largest absolute Gasteiger partial charge is 0.452 e. The molecule has 0 bridgehead atoms. The van der Waals surface area contributed by atoms with Crippen LogP contribution in [0.1, 0.15) is 10.4 Å². The molecule has 2 aromatic carbocycles. The van der Waals surface area contributed by atoms with E-state index in [1.807, 2.05) is 0 Å². The van der Waals surface area contributed by atoms with Crippen molar-refractivity contribution in [3.8, 4) is 5.75 Å². The number of alkyl halides is 2. The molecule has 0 aromatic heterocycles. The van der Waals surface area contributed by atoms with Crippen LogP contribution in [0.2, 0.25) is 0 Å². The number of nitrogens with two attached hydrogens (primary N) is 1. The van der Waals surface area contributed by atoms with Crippen LogP contribution >= 0.6 is 0 Å². The number of nitrogens with one attached hydrogen (secondary N) is 2. The Bertz CT molecular complexity index is 843. The summed E-state index contributed by atoms with van der Waals surface area (Å²) in [5, 5.41) is 5.15. The number of esters is 1. The van der Waals surface area contributed by atoms with E-state index in [1.165, 1.54) is 30.3 Å². The summed E-state index contributed by atoms with van der Waals surface area (Å²) >= 11 is 0. The zero-order valence-electron chi connectivity index (χ0n) is 14.5. The van der Waals surface area contributed by atoms with Gasteiger partial charge in [0.25, 0.3) is 5.91 Å². The molecule has 8 nitrogen and oxygen atoms in total. The fraction of sp³-hybridized carbons (Fsp3) is 0.167. The lowest BCUT2D eigenvalue weighted by molar-refractivity contribution is -0.127. The standard InChI is InChI=1S/C18H17F2N3O5/c19-18(20)28-12-7-5-11(6-8-12)23-14-4-2-1-3-13(14)17(26)27-10-16(25)22-9-15(21)24/h1-8,18,23H,9-10H2,(H2,21,24)(H,22,25). The number of rotatable bonds is 9. The number of halogens is 2. The third-order valence-electron chi connectivity index (χ3n) is 3.30. The molecular weight excluding hydrogens is 376 g/mol. The van der Waals surface area contributed by atoms with E-state index < -0.39 is 31.0 Å². The van der Waals surface area contributed by atoms with Gasteiger partial charge in [-0.25, -0.2) is 4.79 Å². The van der Waals surface area contributed by atoms with Crippen molar-refractivity contribution < 1.29 is 32.6 Å². The van der Waals surface area contributed by atoms with E-state index in [9.17, 15) is 23.2 Å². The summed E-state index contributed by atoms with van der Waals surface area (Å²) in [7, 11) is 0. The Morgan fingerprint density at radius 1 is 1.04 bits per heavy atom. The monoisotopic (exact) mass is 393 g/mol. The van der Waals surface area contributed by atoms with Gasteiger partial charge in [0, 0.05) is 5.69 Å². The van der Waals surface area contributed by atoms with Gasteiger partial charge in [0.1, 0.15) is 5.75 Å². The van der Waals surface area contributed by atoms with Crippen LogP contribution in [-0.2, 0) is 14.3 Å². The average Bonchev–Trinajstić information content (AvgIpc) is 2.66. The fourth-order valence-corrected chi connectivity index (χ4v) is 2.09. The molecule has 0 saturated heterocycles. The van der Waals surface area contributed by atoms with Gasteiger partial charge in [0.05, 0.1) is 17.8 Å². The van der Waals surface area contributed by atoms with Crippen molar-refractivity contribution in [3.63, 3.8) is 0 Å². The third kappa shape index (κ3) is 6.56. The number of ether oxygens (including phenoxy) is 2. The predicted octanol–water partition coefficient (Wildman–Crippen LogP) is 1.79. The van der Waals surface area contributed by atoms with Crippen LogP contribution in [0.5, 0.6) is 5.75 Å². The average molecular weight is 393 g/mol. The number of hydrogen-bond acceptors (Lipinski definition) is 6. The van der Waals surface area contributed by atoms with E-state index >= 15 is 0 Å². The summed E-state index contributed by atoms with van der Waals surface area (Å²) in [6, 6.07) is 12.1. The molecule has 2 rings (SSSR count). The number of benzene rings is 2. The van der Waals surface area contributed by atoms with E-state index in [1.54, 1.807) is 18.2 Å². The maximum Gasteiger partial charge on any atom is 0.387 e. The van der Waals surface area contributed by atoms with Gasteiger partial charge in [-0.2, -0.15) is 8.78 Å². The first-order valence-corrected chi connectivity index (χ1v) is 7.98. The highest BCUT2D eigenvalue weighted by atomic mass is 19.3. The van der Waals surface area contributed by atoms with Crippen LogP contribution in [-0.4, -0.2) is 37.5 Å². The van der Waals surface area contributed by atoms with Gasteiger partial charge in [-0.15, -0.1) is 0 Å². The molecule has 148 valence electrons. The van der Waals surface area contributed by atoms with Crippen LogP contribution in [0.3, 0.4) is 0 Å². The zero-order chi connectivity index (χ0) is 20.5. The molecule has 0 fully saturated rings. The zero-order valence-corrected chi connectivity index (χ0v) is 14.5. The summed E-state index contributed by atoms with van der Waals surface area (Å²) in [5.74, 6) is -2.17. The van der Waals surface area contributed by atoms with Gasteiger partial charge < -0.3 is 25.8 Å². The smallest absolute Gasteiger partial charge is 0.387 e. The molecule has 0 radical (unpaired) electrons. The van der Waals surface area contributed by atoms with Gasteiger partial charge in [-0.3, -0.25) is 9.59 Å². The van der Waals surface area contributed by atoms with Crippen LogP contribution < -0.4 is 21.1 Å². The highest BCUT2D eigenvalue weighted by molar-refractivity contribution is 5.97. The number of amides is 2. The second-order valence-electron chi connectivity index (χ2n) is 5.39. The van der Waals surface area contributed by atoms with Crippen molar-refractivity contribution in [2.24, 2.45) is 5.73 Å². The molecule has 0 aliphatic carbocycles. The topological polar surface area (TPSA) is 120 Å². The molecule has 2 amide bonds. The van der Waals surface area contributed by atoms with E-state index in [0.717, 1.165) is 0 Å². The minimum Gasteiger partial charge on any atom is -0.452 e. The summed E-state index contributed by atoms with van der Waals surface area (Å²) in [6.45, 7) is -3.87. The number of primary amides is 1. The highest BCUT2D eigenvalue weighted by Crippen LogP contribution is 2.24. The molecule has 0 unspecified atom stereocenters. The Labute approximate surface area is 158 Å². The van der Waals surface area contributed by atoms with Crippen molar-refractivity contribution in [1.29, 1.82) is 0 Å². The van der Waals surface area contributed by atoms with Crippen molar-refractivity contribution in [2.45, 2.75) is 6.61 Å². The number of hydrogen-bond donors (Lipinski definition) is 3. The summed E-state index contributed by atoms with van der Waals surface area (Å²) in [4.78, 5) is 34.3. The number of carbonyl (C=O) groups excluding carboxylic acids is 3. The SMILES string of the molecule is NC(=O)CNC(=O)COC(=O)c1ccccc1Nc1ccc(OC(F)F)cc1. The molecule has 28 heavy (non-hydrogen) atoms. The first-order chi connectivity index (χ1) is 13.3. The predicted molar refractivity (Wildman–Crippen MR) is 95.3 cm³/mol. The van der Waals surface area contributed by atoms with Crippen LogP contribution in [0.15, 0.2) is 48.5 Å². The Hall–Kier alpha value is -3.69. The Morgan fingerprint density at radius 2 is 1.71 bits per heavy atom. The van der Waals surface area contributed by atoms with Crippen molar-refractivity contribution >= 4 is 29.2 Å². The highest BCUT2D eigenvalue weighted by Gasteiger charge is 2.15. The molecule has 0 aliphatic heterocycles. The van der Waals surface area contributed by atoms with Gasteiger partial charge in [-0.1, -0.05) is 12.1 Å². The molecule has 0 aliphatic rings. The Morgan fingerprint density at radius 3 is 2.36 bits per heavy atom. The molecule has 0 heterocycles. The fourth-order valence-electron chi connectivity index (χ4n) is 2.09. The first-order valence-electron chi connectivity index (χ1n) is 7.98. The molecule has 0 saturated carbocycles. The van der Waals surface area contributed by atoms with E-state index in [2.05, 4.69) is 15.4 Å². The van der Waals surface area contributed by atoms with E-state index in [4.69, 9.17) is 10.5 Å². The lowest BCUT2D eigenvalue weighted by Crippen LogP contribution is -2.36. The third-order valence-corrected chi connectivity index (χ3v) is 3.30. The minimum absolute atomic E-state index is 0.00443. The van der Waals surface area contributed by atoms with Gasteiger partial charge >= 0.3 is 12.6 Å². The second kappa shape index (κ2) is 9.86. The normalized spacial score (nSPS) is 10.2. The van der Waals surface area contributed by atoms with Crippen molar-refractivity contribution in [1.82, 2.24) is 5.32 Å². The molecule has 0 spiro atoms.